The Morgan fingerprint density at radius 1 is 1.14 bits per heavy atom. The standard InChI is InChI=1S/C16H11Cl2NO2/c17-12-5-8-15(18)14(10-12)16(21)19-13-6-3-11(4-7-13)2-1-9-20/h3-8,10,20H,9H2,(H,19,21). The maximum Gasteiger partial charge on any atom is 0.257 e. The number of halogens is 2. The number of anilines is 1. The quantitative estimate of drug-likeness (QED) is 0.831. The van der Waals surface area contributed by atoms with Gasteiger partial charge in [0, 0.05) is 16.3 Å². The molecule has 0 unspecified atom stereocenters. The van der Waals surface area contributed by atoms with Crippen LogP contribution in [0.4, 0.5) is 5.69 Å². The van der Waals surface area contributed by atoms with Crippen LogP contribution in [-0.2, 0) is 0 Å². The number of carbonyl (C=O) groups excluding carboxylic acids is 1. The van der Waals surface area contributed by atoms with Gasteiger partial charge >= 0.3 is 0 Å². The number of hydrogen-bond acceptors (Lipinski definition) is 2. The number of benzene rings is 2. The zero-order valence-corrected chi connectivity index (χ0v) is 12.4. The highest BCUT2D eigenvalue weighted by Gasteiger charge is 2.11. The lowest BCUT2D eigenvalue weighted by atomic mass is 10.2. The first kappa shape index (κ1) is 15.4. The van der Waals surface area contributed by atoms with Crippen molar-refractivity contribution < 1.29 is 9.90 Å². The molecule has 0 atom stereocenters. The molecule has 0 aromatic heterocycles. The van der Waals surface area contributed by atoms with Crippen molar-refractivity contribution in [3.63, 3.8) is 0 Å². The van der Waals surface area contributed by atoms with E-state index in [0.29, 0.717) is 21.3 Å². The third kappa shape index (κ3) is 4.24. The number of nitrogens with one attached hydrogen (secondary N) is 1. The summed E-state index contributed by atoms with van der Waals surface area (Å²) in [5, 5.41) is 12.1. The second-order valence-corrected chi connectivity index (χ2v) is 4.96. The first-order valence-electron chi connectivity index (χ1n) is 6.06. The molecule has 0 aliphatic rings. The molecule has 0 aliphatic heterocycles. The fourth-order valence-corrected chi connectivity index (χ4v) is 2.02. The Kier molecular flexibility index (Phi) is 5.24. The molecule has 21 heavy (non-hydrogen) atoms. The third-order valence-corrected chi connectivity index (χ3v) is 3.19. The third-order valence-electron chi connectivity index (χ3n) is 2.63. The first-order valence-corrected chi connectivity index (χ1v) is 6.82. The smallest absolute Gasteiger partial charge is 0.257 e. The van der Waals surface area contributed by atoms with Gasteiger partial charge in [0.05, 0.1) is 10.6 Å². The molecule has 2 rings (SSSR count). The number of carbonyl (C=O) groups is 1. The van der Waals surface area contributed by atoms with E-state index in [-0.39, 0.29) is 12.5 Å². The van der Waals surface area contributed by atoms with Gasteiger partial charge in [0.2, 0.25) is 0 Å². The van der Waals surface area contributed by atoms with Gasteiger partial charge in [0.1, 0.15) is 6.61 Å². The molecule has 3 nitrogen and oxygen atoms in total. The SMILES string of the molecule is O=C(Nc1ccc(C#CCO)cc1)c1cc(Cl)ccc1Cl. The molecule has 0 aliphatic carbocycles. The van der Waals surface area contributed by atoms with Crippen LogP contribution in [0.3, 0.4) is 0 Å². The highest BCUT2D eigenvalue weighted by molar-refractivity contribution is 6.36. The molecule has 5 heteroatoms. The molecule has 0 saturated carbocycles. The average molecular weight is 320 g/mol. The summed E-state index contributed by atoms with van der Waals surface area (Å²) in [5.41, 5.74) is 1.68. The van der Waals surface area contributed by atoms with Gasteiger partial charge in [-0.05, 0) is 42.5 Å². The molecule has 1 amide bonds. The molecule has 0 bridgehead atoms. The largest absolute Gasteiger partial charge is 0.384 e. The number of aliphatic hydroxyl groups is 1. The summed E-state index contributed by atoms with van der Waals surface area (Å²) in [7, 11) is 0. The minimum atomic E-state index is -0.336. The predicted molar refractivity (Wildman–Crippen MR) is 84.8 cm³/mol. The number of rotatable bonds is 2. The highest BCUT2D eigenvalue weighted by Crippen LogP contribution is 2.22. The van der Waals surface area contributed by atoms with Crippen LogP contribution in [0, 0.1) is 11.8 Å². The predicted octanol–water partition coefficient (Wildman–Crippen LogP) is 3.59. The van der Waals surface area contributed by atoms with Crippen molar-refractivity contribution in [2.75, 3.05) is 11.9 Å². The van der Waals surface area contributed by atoms with Crippen LogP contribution in [0.25, 0.3) is 0 Å². The summed E-state index contributed by atoms with van der Waals surface area (Å²) in [6.45, 7) is -0.189. The highest BCUT2D eigenvalue weighted by atomic mass is 35.5. The Morgan fingerprint density at radius 2 is 1.86 bits per heavy atom. The van der Waals surface area contributed by atoms with Crippen molar-refractivity contribution in [3.8, 4) is 11.8 Å². The number of hydrogen-bond donors (Lipinski definition) is 2. The molecule has 0 spiro atoms. The van der Waals surface area contributed by atoms with Crippen LogP contribution < -0.4 is 5.32 Å². The topological polar surface area (TPSA) is 49.3 Å². The van der Waals surface area contributed by atoms with Gasteiger partial charge in [-0.2, -0.15) is 0 Å². The van der Waals surface area contributed by atoms with E-state index in [1.54, 1.807) is 36.4 Å². The van der Waals surface area contributed by atoms with Gasteiger partial charge in [-0.25, -0.2) is 0 Å². The fourth-order valence-electron chi connectivity index (χ4n) is 1.65. The van der Waals surface area contributed by atoms with Crippen molar-refractivity contribution in [2.24, 2.45) is 0 Å². The maximum atomic E-state index is 12.1. The Balaban J connectivity index is 2.14. The maximum absolute atomic E-state index is 12.1. The number of amides is 1. The minimum absolute atomic E-state index is 0.189. The van der Waals surface area contributed by atoms with Crippen LogP contribution in [0.5, 0.6) is 0 Å². The van der Waals surface area contributed by atoms with E-state index in [2.05, 4.69) is 17.2 Å². The molecule has 2 aromatic carbocycles. The minimum Gasteiger partial charge on any atom is -0.384 e. The van der Waals surface area contributed by atoms with Crippen molar-refractivity contribution >= 4 is 34.8 Å². The summed E-state index contributed by atoms with van der Waals surface area (Å²) < 4.78 is 0. The molecule has 0 heterocycles. The number of aliphatic hydroxyl groups excluding tert-OH is 1. The molecule has 0 radical (unpaired) electrons. The summed E-state index contributed by atoms with van der Waals surface area (Å²) in [6, 6.07) is 11.6. The van der Waals surface area contributed by atoms with E-state index in [9.17, 15) is 4.79 Å². The van der Waals surface area contributed by atoms with E-state index in [0.717, 1.165) is 5.56 Å². The van der Waals surface area contributed by atoms with Gasteiger partial charge in [0.15, 0.2) is 0 Å². The average Bonchev–Trinajstić information content (AvgIpc) is 2.49. The van der Waals surface area contributed by atoms with Gasteiger partial charge in [-0.1, -0.05) is 35.0 Å². The molecule has 0 fully saturated rings. The van der Waals surface area contributed by atoms with E-state index in [1.807, 2.05) is 0 Å². The summed E-state index contributed by atoms with van der Waals surface area (Å²) in [4.78, 5) is 12.1. The fraction of sp³-hybridized carbons (Fsp3) is 0.0625. The second-order valence-electron chi connectivity index (χ2n) is 4.12. The van der Waals surface area contributed by atoms with E-state index in [1.165, 1.54) is 6.07 Å². The molecule has 2 aromatic rings. The van der Waals surface area contributed by atoms with Crippen LogP contribution in [0.15, 0.2) is 42.5 Å². The summed E-state index contributed by atoms with van der Waals surface area (Å²) in [5.74, 6) is 4.99. The lowest BCUT2D eigenvalue weighted by Gasteiger charge is -2.07. The van der Waals surface area contributed by atoms with E-state index in [4.69, 9.17) is 28.3 Å². The molecule has 2 N–H and O–H groups in total. The Bertz CT molecular complexity index is 715. The lowest BCUT2D eigenvalue weighted by molar-refractivity contribution is 0.102. The Labute approximate surface area is 132 Å². The normalized spacial score (nSPS) is 9.67. The van der Waals surface area contributed by atoms with Crippen molar-refractivity contribution in [3.05, 3.63) is 63.6 Å². The second kappa shape index (κ2) is 7.14. The van der Waals surface area contributed by atoms with Crippen molar-refractivity contribution in [2.45, 2.75) is 0 Å². The Hall–Kier alpha value is -1.99. The summed E-state index contributed by atoms with van der Waals surface area (Å²) in [6.07, 6.45) is 0. The molecular formula is C16H11Cl2NO2. The molecule has 106 valence electrons. The van der Waals surface area contributed by atoms with Crippen LogP contribution in [-0.4, -0.2) is 17.6 Å². The zero-order valence-electron chi connectivity index (χ0n) is 10.9. The monoisotopic (exact) mass is 319 g/mol. The van der Waals surface area contributed by atoms with E-state index < -0.39 is 0 Å². The van der Waals surface area contributed by atoms with Crippen LogP contribution in [0.2, 0.25) is 10.0 Å². The van der Waals surface area contributed by atoms with Gasteiger partial charge in [-0.3, -0.25) is 4.79 Å². The zero-order chi connectivity index (χ0) is 15.2. The van der Waals surface area contributed by atoms with Crippen molar-refractivity contribution in [1.29, 1.82) is 0 Å². The van der Waals surface area contributed by atoms with Gasteiger partial charge in [-0.15, -0.1) is 0 Å². The Morgan fingerprint density at radius 3 is 2.52 bits per heavy atom. The van der Waals surface area contributed by atoms with E-state index >= 15 is 0 Å². The first-order chi connectivity index (χ1) is 10.1. The van der Waals surface area contributed by atoms with Gasteiger partial charge < -0.3 is 10.4 Å². The van der Waals surface area contributed by atoms with Crippen molar-refractivity contribution in [1.82, 2.24) is 0 Å². The summed E-state index contributed by atoms with van der Waals surface area (Å²) >= 11 is 11.8. The lowest BCUT2D eigenvalue weighted by Crippen LogP contribution is -2.12. The van der Waals surface area contributed by atoms with Crippen LogP contribution >= 0.6 is 23.2 Å². The van der Waals surface area contributed by atoms with Gasteiger partial charge in [0.25, 0.3) is 5.91 Å². The molecule has 0 saturated heterocycles. The van der Waals surface area contributed by atoms with Crippen LogP contribution in [0.1, 0.15) is 15.9 Å². The molecular weight excluding hydrogens is 309 g/mol.